The van der Waals surface area contributed by atoms with Gasteiger partial charge >= 0.3 is 12.2 Å². The summed E-state index contributed by atoms with van der Waals surface area (Å²) in [4.78, 5) is 16.1. The molecule has 3 rings (SSSR count). The molecule has 2 N–H and O–H groups in total. The highest BCUT2D eigenvalue weighted by Crippen LogP contribution is 2.36. The average molecular weight is 452 g/mol. The SMILES string of the molecule is CC.Cc1cc(Oc2ccc(NC(=O)Nc3ccc(Cl)c(C(F)(F)F)c3)cc2)ccn1. The van der Waals surface area contributed by atoms with Crippen LogP contribution in [0.3, 0.4) is 0 Å². The maximum Gasteiger partial charge on any atom is 0.417 e. The Morgan fingerprint density at radius 1 is 0.935 bits per heavy atom. The van der Waals surface area contributed by atoms with Gasteiger partial charge in [0.1, 0.15) is 11.5 Å². The number of aryl methyl sites for hydroxylation is 1. The van der Waals surface area contributed by atoms with Crippen LogP contribution in [-0.4, -0.2) is 11.0 Å². The normalized spacial score (nSPS) is 10.5. The summed E-state index contributed by atoms with van der Waals surface area (Å²) in [6.45, 7) is 5.84. The highest BCUT2D eigenvalue weighted by Gasteiger charge is 2.33. The lowest BCUT2D eigenvalue weighted by Gasteiger charge is -2.12. The minimum absolute atomic E-state index is 0.0350. The molecule has 31 heavy (non-hydrogen) atoms. The summed E-state index contributed by atoms with van der Waals surface area (Å²) < 4.78 is 44.4. The smallest absolute Gasteiger partial charge is 0.417 e. The quantitative estimate of drug-likeness (QED) is 0.431. The van der Waals surface area contributed by atoms with Crippen LogP contribution in [0, 0.1) is 6.92 Å². The number of pyridine rings is 1. The number of anilines is 2. The van der Waals surface area contributed by atoms with Crippen molar-refractivity contribution in [3.63, 3.8) is 0 Å². The second-order valence-electron chi connectivity index (χ2n) is 6.03. The second-order valence-corrected chi connectivity index (χ2v) is 6.44. The van der Waals surface area contributed by atoms with E-state index in [4.69, 9.17) is 16.3 Å². The van der Waals surface area contributed by atoms with Crippen molar-refractivity contribution in [3.05, 3.63) is 77.1 Å². The van der Waals surface area contributed by atoms with E-state index in [0.29, 0.717) is 17.2 Å². The van der Waals surface area contributed by atoms with Gasteiger partial charge in [0.25, 0.3) is 0 Å². The molecule has 0 saturated heterocycles. The Balaban J connectivity index is 0.00000166. The molecule has 0 bridgehead atoms. The van der Waals surface area contributed by atoms with Crippen LogP contribution in [0.15, 0.2) is 60.8 Å². The summed E-state index contributed by atoms with van der Waals surface area (Å²) in [5.41, 5.74) is 0.191. The molecule has 5 nitrogen and oxygen atoms in total. The van der Waals surface area contributed by atoms with Crippen molar-refractivity contribution in [2.24, 2.45) is 0 Å². The van der Waals surface area contributed by atoms with E-state index < -0.39 is 22.8 Å². The fourth-order valence-corrected chi connectivity index (χ4v) is 2.66. The first-order valence-electron chi connectivity index (χ1n) is 9.36. The first kappa shape index (κ1) is 24.0. The molecule has 0 unspecified atom stereocenters. The summed E-state index contributed by atoms with van der Waals surface area (Å²) in [6, 6.07) is 12.4. The predicted molar refractivity (Wildman–Crippen MR) is 116 cm³/mol. The van der Waals surface area contributed by atoms with E-state index in [2.05, 4.69) is 15.6 Å². The summed E-state index contributed by atoms with van der Waals surface area (Å²) in [7, 11) is 0. The predicted octanol–water partition coefficient (Wildman–Crippen LogP) is 7.52. The number of rotatable bonds is 4. The van der Waals surface area contributed by atoms with Crippen molar-refractivity contribution in [1.29, 1.82) is 0 Å². The topological polar surface area (TPSA) is 63.2 Å². The van der Waals surface area contributed by atoms with Crippen LogP contribution in [0.4, 0.5) is 29.3 Å². The molecule has 0 fully saturated rings. The lowest BCUT2D eigenvalue weighted by Crippen LogP contribution is -2.19. The number of alkyl halides is 3. The zero-order valence-corrected chi connectivity index (χ0v) is 17.8. The minimum atomic E-state index is -4.62. The number of amides is 2. The van der Waals surface area contributed by atoms with Gasteiger partial charge in [0.05, 0.1) is 10.6 Å². The van der Waals surface area contributed by atoms with Crippen LogP contribution in [0.5, 0.6) is 11.5 Å². The van der Waals surface area contributed by atoms with Crippen LogP contribution >= 0.6 is 11.6 Å². The van der Waals surface area contributed by atoms with Crippen molar-refractivity contribution in [1.82, 2.24) is 4.98 Å². The van der Waals surface area contributed by atoms with Crippen molar-refractivity contribution in [2.75, 3.05) is 10.6 Å². The fraction of sp³-hybridized carbons (Fsp3) is 0.182. The highest BCUT2D eigenvalue weighted by atomic mass is 35.5. The number of ether oxygens (including phenoxy) is 1. The zero-order valence-electron chi connectivity index (χ0n) is 17.0. The summed E-state index contributed by atoms with van der Waals surface area (Å²) in [6.07, 6.45) is -2.99. The standard InChI is InChI=1S/C20H15ClF3N3O2.C2H6/c1-12-10-16(8-9-25-12)29-15-5-2-13(3-6-15)26-19(28)27-14-4-7-18(21)17(11-14)20(22,23)24;1-2/h2-11H,1H3,(H2,26,27,28);1-2H3. The Hall–Kier alpha value is -3.26. The van der Waals surface area contributed by atoms with Gasteiger partial charge in [0.15, 0.2) is 0 Å². The van der Waals surface area contributed by atoms with Crippen LogP contribution < -0.4 is 15.4 Å². The van der Waals surface area contributed by atoms with Gasteiger partial charge in [-0.2, -0.15) is 13.2 Å². The van der Waals surface area contributed by atoms with Crippen LogP contribution in [0.25, 0.3) is 0 Å². The van der Waals surface area contributed by atoms with E-state index in [-0.39, 0.29) is 5.69 Å². The molecule has 2 amide bonds. The number of halogens is 4. The van der Waals surface area contributed by atoms with Crippen molar-refractivity contribution in [3.8, 4) is 11.5 Å². The molecular formula is C22H21ClF3N3O2. The molecular weight excluding hydrogens is 431 g/mol. The Morgan fingerprint density at radius 3 is 2.16 bits per heavy atom. The van der Waals surface area contributed by atoms with Crippen LogP contribution in [-0.2, 0) is 6.18 Å². The summed E-state index contributed by atoms with van der Waals surface area (Å²) in [5, 5.41) is 4.44. The van der Waals surface area contributed by atoms with Crippen molar-refractivity contribution < 1.29 is 22.7 Å². The van der Waals surface area contributed by atoms with Gasteiger partial charge in [-0.15, -0.1) is 0 Å². The van der Waals surface area contributed by atoms with Crippen LogP contribution in [0.2, 0.25) is 5.02 Å². The third-order valence-corrected chi connectivity index (χ3v) is 4.08. The van der Waals surface area contributed by atoms with Gasteiger partial charge in [-0.05, 0) is 55.5 Å². The Labute approximate surface area is 183 Å². The molecule has 2 aromatic carbocycles. The minimum Gasteiger partial charge on any atom is -0.457 e. The molecule has 9 heteroatoms. The van der Waals surface area contributed by atoms with E-state index in [0.717, 1.165) is 17.8 Å². The largest absolute Gasteiger partial charge is 0.457 e. The Kier molecular flexibility index (Phi) is 8.27. The molecule has 3 aromatic rings. The Bertz CT molecular complexity index is 1030. The Morgan fingerprint density at radius 2 is 1.55 bits per heavy atom. The molecule has 0 spiro atoms. The number of nitrogens with one attached hydrogen (secondary N) is 2. The van der Waals surface area contributed by atoms with E-state index >= 15 is 0 Å². The number of carbonyl (C=O) groups excluding carboxylic acids is 1. The van der Waals surface area contributed by atoms with E-state index in [9.17, 15) is 18.0 Å². The van der Waals surface area contributed by atoms with Gasteiger partial charge in [-0.1, -0.05) is 25.4 Å². The van der Waals surface area contributed by atoms with Gasteiger partial charge in [0, 0.05) is 29.3 Å². The number of aromatic nitrogens is 1. The molecule has 0 atom stereocenters. The number of benzene rings is 2. The fourth-order valence-electron chi connectivity index (χ4n) is 2.44. The van der Waals surface area contributed by atoms with Crippen LogP contribution in [0.1, 0.15) is 25.1 Å². The first-order chi connectivity index (χ1) is 14.7. The van der Waals surface area contributed by atoms with Gasteiger partial charge < -0.3 is 15.4 Å². The zero-order chi connectivity index (χ0) is 23.0. The number of carbonyl (C=O) groups is 1. The van der Waals surface area contributed by atoms with Crippen molar-refractivity contribution in [2.45, 2.75) is 26.9 Å². The summed E-state index contributed by atoms with van der Waals surface area (Å²) >= 11 is 5.56. The first-order valence-corrected chi connectivity index (χ1v) is 9.74. The average Bonchev–Trinajstić information content (AvgIpc) is 2.72. The van der Waals surface area contributed by atoms with E-state index in [1.807, 2.05) is 20.8 Å². The molecule has 0 radical (unpaired) electrons. The third kappa shape index (κ3) is 7.18. The van der Waals surface area contributed by atoms with E-state index in [1.54, 1.807) is 42.6 Å². The van der Waals surface area contributed by atoms with Gasteiger partial charge in [-0.3, -0.25) is 4.98 Å². The molecule has 0 aliphatic carbocycles. The lowest BCUT2D eigenvalue weighted by molar-refractivity contribution is -0.137. The van der Waals surface area contributed by atoms with Crippen molar-refractivity contribution >= 4 is 29.0 Å². The number of hydrogen-bond donors (Lipinski definition) is 2. The number of hydrogen-bond acceptors (Lipinski definition) is 3. The molecule has 0 aliphatic rings. The van der Waals surface area contributed by atoms with E-state index in [1.165, 1.54) is 6.07 Å². The molecule has 164 valence electrons. The molecule has 0 saturated carbocycles. The maximum absolute atomic E-state index is 12.9. The third-order valence-electron chi connectivity index (χ3n) is 3.75. The van der Waals surface area contributed by atoms with Gasteiger partial charge in [-0.25, -0.2) is 4.79 Å². The highest BCUT2D eigenvalue weighted by molar-refractivity contribution is 6.31. The lowest BCUT2D eigenvalue weighted by atomic mass is 10.2. The number of urea groups is 1. The monoisotopic (exact) mass is 451 g/mol. The molecule has 0 aliphatic heterocycles. The molecule has 1 aromatic heterocycles. The maximum atomic E-state index is 12.9. The van der Waals surface area contributed by atoms with Gasteiger partial charge in [0.2, 0.25) is 0 Å². The second kappa shape index (κ2) is 10.7. The number of nitrogens with zero attached hydrogens (tertiary/aromatic N) is 1. The molecule has 1 heterocycles. The summed E-state index contributed by atoms with van der Waals surface area (Å²) in [5.74, 6) is 1.17.